The zero-order chi connectivity index (χ0) is 11.9. The molecule has 0 spiro atoms. The van der Waals surface area contributed by atoms with E-state index in [-0.39, 0.29) is 0 Å². The molecule has 1 saturated carbocycles. The smallest absolute Gasteiger partial charge is 0.00682 e. The van der Waals surface area contributed by atoms with Gasteiger partial charge in [-0.05, 0) is 77.4 Å². The van der Waals surface area contributed by atoms with Crippen LogP contribution in [0, 0.1) is 0 Å². The van der Waals surface area contributed by atoms with Crippen LogP contribution < -0.4 is 5.32 Å². The SMILES string of the molecule is CSC1CCCN(CCCCNC2CC2)CC1. The van der Waals surface area contributed by atoms with E-state index in [0.29, 0.717) is 0 Å². The lowest BCUT2D eigenvalue weighted by atomic mass is 10.2. The van der Waals surface area contributed by atoms with Gasteiger partial charge in [0.05, 0.1) is 0 Å². The molecular formula is C14H28N2S. The van der Waals surface area contributed by atoms with Crippen molar-refractivity contribution in [2.75, 3.05) is 32.4 Å². The van der Waals surface area contributed by atoms with Gasteiger partial charge in [0.2, 0.25) is 0 Å². The van der Waals surface area contributed by atoms with Gasteiger partial charge in [0.1, 0.15) is 0 Å². The molecule has 2 aliphatic rings. The highest BCUT2D eigenvalue weighted by Gasteiger charge is 2.19. The van der Waals surface area contributed by atoms with Gasteiger partial charge < -0.3 is 10.2 Å². The van der Waals surface area contributed by atoms with E-state index in [1.807, 2.05) is 0 Å². The second-order valence-electron chi connectivity index (χ2n) is 5.57. The summed E-state index contributed by atoms with van der Waals surface area (Å²) in [6, 6.07) is 0.885. The van der Waals surface area contributed by atoms with Crippen LogP contribution in [-0.2, 0) is 0 Å². The molecule has 0 aromatic heterocycles. The van der Waals surface area contributed by atoms with Crippen molar-refractivity contribution in [3.05, 3.63) is 0 Å². The maximum Gasteiger partial charge on any atom is 0.00682 e. The van der Waals surface area contributed by atoms with Crippen molar-refractivity contribution in [1.29, 1.82) is 0 Å². The molecule has 1 saturated heterocycles. The van der Waals surface area contributed by atoms with Crippen molar-refractivity contribution in [2.24, 2.45) is 0 Å². The molecule has 1 atom stereocenters. The minimum atomic E-state index is 0.885. The summed E-state index contributed by atoms with van der Waals surface area (Å²) in [6.45, 7) is 5.24. The maximum atomic E-state index is 3.60. The number of hydrogen-bond acceptors (Lipinski definition) is 3. The van der Waals surface area contributed by atoms with E-state index >= 15 is 0 Å². The van der Waals surface area contributed by atoms with Crippen LogP contribution in [0.1, 0.15) is 44.9 Å². The highest BCUT2D eigenvalue weighted by Crippen LogP contribution is 2.21. The van der Waals surface area contributed by atoms with Gasteiger partial charge in [-0.3, -0.25) is 0 Å². The van der Waals surface area contributed by atoms with Crippen LogP contribution in [0.2, 0.25) is 0 Å². The lowest BCUT2D eigenvalue weighted by Crippen LogP contribution is -2.27. The van der Waals surface area contributed by atoms with Gasteiger partial charge >= 0.3 is 0 Å². The molecule has 1 unspecified atom stereocenters. The molecule has 3 heteroatoms. The fourth-order valence-corrected chi connectivity index (χ4v) is 3.38. The number of nitrogens with zero attached hydrogens (tertiary/aromatic N) is 1. The summed E-state index contributed by atoms with van der Waals surface area (Å²) in [6.07, 6.45) is 12.1. The van der Waals surface area contributed by atoms with Crippen LogP contribution in [0.25, 0.3) is 0 Å². The van der Waals surface area contributed by atoms with Gasteiger partial charge in [0.15, 0.2) is 0 Å². The molecule has 2 nitrogen and oxygen atoms in total. The van der Waals surface area contributed by atoms with Crippen LogP contribution in [0.15, 0.2) is 0 Å². The number of unbranched alkanes of at least 4 members (excludes halogenated alkanes) is 1. The summed E-state index contributed by atoms with van der Waals surface area (Å²) in [5.41, 5.74) is 0. The minimum absolute atomic E-state index is 0.885. The van der Waals surface area contributed by atoms with Crippen molar-refractivity contribution < 1.29 is 0 Å². The first-order valence-corrected chi connectivity index (χ1v) is 8.66. The molecule has 17 heavy (non-hydrogen) atoms. The third-order valence-electron chi connectivity index (χ3n) is 4.01. The lowest BCUT2D eigenvalue weighted by Gasteiger charge is -2.19. The Labute approximate surface area is 111 Å². The molecule has 1 heterocycles. The molecule has 0 bridgehead atoms. The topological polar surface area (TPSA) is 15.3 Å². The summed E-state index contributed by atoms with van der Waals surface area (Å²) in [5.74, 6) is 0. The highest BCUT2D eigenvalue weighted by molar-refractivity contribution is 7.99. The summed E-state index contributed by atoms with van der Waals surface area (Å²) in [4.78, 5) is 2.69. The fourth-order valence-electron chi connectivity index (χ4n) is 2.64. The number of nitrogens with one attached hydrogen (secondary N) is 1. The van der Waals surface area contributed by atoms with Crippen molar-refractivity contribution in [2.45, 2.75) is 56.2 Å². The monoisotopic (exact) mass is 256 g/mol. The van der Waals surface area contributed by atoms with Crippen molar-refractivity contribution in [1.82, 2.24) is 10.2 Å². The average molecular weight is 256 g/mol. The van der Waals surface area contributed by atoms with Crippen LogP contribution in [0.5, 0.6) is 0 Å². The predicted octanol–water partition coefficient (Wildman–Crippen LogP) is 2.74. The molecule has 0 aromatic rings. The number of likely N-dealkylation sites (tertiary alicyclic amines) is 1. The Morgan fingerprint density at radius 3 is 2.76 bits per heavy atom. The minimum Gasteiger partial charge on any atom is -0.314 e. The summed E-state index contributed by atoms with van der Waals surface area (Å²) >= 11 is 2.07. The first-order chi connectivity index (χ1) is 8.38. The molecule has 1 N–H and O–H groups in total. The van der Waals surface area contributed by atoms with Crippen LogP contribution in [0.3, 0.4) is 0 Å². The Morgan fingerprint density at radius 1 is 1.12 bits per heavy atom. The Bertz CT molecular complexity index is 206. The van der Waals surface area contributed by atoms with Gasteiger partial charge in [-0.1, -0.05) is 0 Å². The average Bonchev–Trinajstić information content (AvgIpc) is 3.15. The number of hydrogen-bond donors (Lipinski definition) is 1. The number of rotatable bonds is 7. The Balaban J connectivity index is 1.49. The third-order valence-corrected chi connectivity index (χ3v) is 5.15. The fraction of sp³-hybridized carbons (Fsp3) is 1.00. The van der Waals surface area contributed by atoms with Crippen molar-refractivity contribution in [3.63, 3.8) is 0 Å². The largest absolute Gasteiger partial charge is 0.314 e. The van der Waals surface area contributed by atoms with E-state index < -0.39 is 0 Å². The molecule has 1 aliphatic carbocycles. The lowest BCUT2D eigenvalue weighted by molar-refractivity contribution is 0.278. The van der Waals surface area contributed by atoms with E-state index in [0.717, 1.165) is 11.3 Å². The first kappa shape index (κ1) is 13.7. The van der Waals surface area contributed by atoms with E-state index in [1.54, 1.807) is 0 Å². The first-order valence-electron chi connectivity index (χ1n) is 7.37. The van der Waals surface area contributed by atoms with Gasteiger partial charge in [-0.2, -0.15) is 11.8 Å². The molecule has 2 rings (SSSR count). The van der Waals surface area contributed by atoms with Gasteiger partial charge in [-0.25, -0.2) is 0 Å². The Morgan fingerprint density at radius 2 is 2.00 bits per heavy atom. The standard InChI is InChI=1S/C14H28N2S/c1-17-14-5-4-11-16(12-8-14)10-3-2-9-15-13-6-7-13/h13-15H,2-12H2,1H3. The van der Waals surface area contributed by atoms with Gasteiger partial charge in [0.25, 0.3) is 0 Å². The molecular weight excluding hydrogens is 228 g/mol. The molecule has 0 amide bonds. The zero-order valence-corrected chi connectivity index (χ0v) is 12.1. The molecule has 100 valence electrons. The maximum absolute atomic E-state index is 3.60. The van der Waals surface area contributed by atoms with Gasteiger partial charge in [-0.15, -0.1) is 0 Å². The van der Waals surface area contributed by atoms with E-state index in [1.165, 1.54) is 71.1 Å². The van der Waals surface area contributed by atoms with Crippen molar-refractivity contribution >= 4 is 11.8 Å². The summed E-state index contributed by atoms with van der Waals surface area (Å²) in [5, 5.41) is 4.53. The third kappa shape index (κ3) is 5.62. The second kappa shape index (κ2) is 7.65. The molecule has 0 aromatic carbocycles. The number of thioether (sulfide) groups is 1. The van der Waals surface area contributed by atoms with Crippen molar-refractivity contribution in [3.8, 4) is 0 Å². The second-order valence-corrected chi connectivity index (χ2v) is 6.70. The van der Waals surface area contributed by atoms with E-state index in [9.17, 15) is 0 Å². The highest BCUT2D eigenvalue weighted by atomic mass is 32.2. The van der Waals surface area contributed by atoms with Crippen LogP contribution >= 0.6 is 11.8 Å². The molecule has 0 radical (unpaired) electrons. The van der Waals surface area contributed by atoms with Crippen LogP contribution in [-0.4, -0.2) is 48.6 Å². The summed E-state index contributed by atoms with van der Waals surface area (Å²) in [7, 11) is 0. The zero-order valence-electron chi connectivity index (χ0n) is 11.3. The predicted molar refractivity (Wildman–Crippen MR) is 77.9 cm³/mol. The van der Waals surface area contributed by atoms with Crippen LogP contribution in [0.4, 0.5) is 0 Å². The normalized spacial score (nSPS) is 27.0. The van der Waals surface area contributed by atoms with E-state index in [4.69, 9.17) is 0 Å². The molecule has 1 aliphatic heterocycles. The van der Waals surface area contributed by atoms with Gasteiger partial charge in [0, 0.05) is 11.3 Å². The Hall–Kier alpha value is 0.270. The van der Waals surface area contributed by atoms with E-state index in [2.05, 4.69) is 28.2 Å². The Kier molecular flexibility index (Phi) is 6.16. The summed E-state index contributed by atoms with van der Waals surface area (Å²) < 4.78 is 0. The molecule has 2 fully saturated rings. The quantitative estimate of drug-likeness (QED) is 0.705.